The number of carbonyl (C=O) groups excluding carboxylic acids is 3. The predicted octanol–water partition coefficient (Wildman–Crippen LogP) is 1.02. The third-order valence-electron chi connectivity index (χ3n) is 5.97. The summed E-state index contributed by atoms with van der Waals surface area (Å²) in [6.45, 7) is 7.97. The number of phenols is 1. The first-order valence-corrected chi connectivity index (χ1v) is 13.2. The minimum atomic E-state index is -1.16. The molecular weight excluding hydrogens is 490 g/mol. The molecule has 0 aliphatic rings. The summed E-state index contributed by atoms with van der Waals surface area (Å²) in [6.07, 6.45) is 2.15. The van der Waals surface area contributed by atoms with E-state index in [1.54, 1.807) is 12.1 Å². The second-order valence-electron chi connectivity index (χ2n) is 10.5. The second kappa shape index (κ2) is 16.6. The highest BCUT2D eigenvalue weighted by molar-refractivity contribution is 5.94. The molecule has 0 bridgehead atoms. The van der Waals surface area contributed by atoms with Gasteiger partial charge >= 0.3 is 5.97 Å². The Morgan fingerprint density at radius 3 is 1.84 bits per heavy atom. The molecular formula is C27H45N5O6. The molecule has 0 radical (unpaired) electrons. The molecule has 0 heterocycles. The molecule has 0 saturated heterocycles. The lowest BCUT2D eigenvalue weighted by atomic mass is 10.0. The number of phenolic OH excluding ortho intramolecular Hbond substituents is 1. The monoisotopic (exact) mass is 535 g/mol. The minimum absolute atomic E-state index is 0.0293. The molecule has 4 unspecified atom stereocenters. The molecule has 3 amide bonds. The molecule has 0 fully saturated rings. The van der Waals surface area contributed by atoms with E-state index in [-0.39, 0.29) is 36.8 Å². The molecule has 0 aliphatic carbocycles. The van der Waals surface area contributed by atoms with Gasteiger partial charge in [-0.05, 0) is 68.2 Å². The number of benzene rings is 1. The van der Waals surface area contributed by atoms with E-state index in [2.05, 4.69) is 16.0 Å². The van der Waals surface area contributed by atoms with Crippen molar-refractivity contribution in [2.75, 3.05) is 6.54 Å². The first-order chi connectivity index (χ1) is 17.8. The van der Waals surface area contributed by atoms with Gasteiger partial charge in [-0.1, -0.05) is 39.8 Å². The number of carbonyl (C=O) groups is 4. The minimum Gasteiger partial charge on any atom is -0.508 e. The fraction of sp³-hybridized carbons (Fsp3) is 0.630. The standard InChI is InChI=1S/C27H45N5O6/c1-16(2)13-20(29)24(34)31-22(15-18-8-10-19(33)11-9-18)26(36)30-21(7-5-6-12-28)25(35)32-23(27(37)38)14-17(3)4/h8-11,16-17,20-23,33H,5-7,12-15,28-29H2,1-4H3,(H,30,36)(H,31,34)(H,32,35)(H,37,38). The molecule has 0 saturated carbocycles. The third-order valence-corrected chi connectivity index (χ3v) is 5.97. The van der Waals surface area contributed by atoms with E-state index in [9.17, 15) is 29.4 Å². The van der Waals surface area contributed by atoms with E-state index in [1.807, 2.05) is 27.7 Å². The largest absolute Gasteiger partial charge is 0.508 e. The Morgan fingerprint density at radius 1 is 0.789 bits per heavy atom. The maximum atomic E-state index is 13.4. The second-order valence-corrected chi connectivity index (χ2v) is 10.5. The van der Waals surface area contributed by atoms with Crippen LogP contribution < -0.4 is 27.4 Å². The smallest absolute Gasteiger partial charge is 0.326 e. The van der Waals surface area contributed by atoms with Crippen molar-refractivity contribution in [3.8, 4) is 5.75 Å². The van der Waals surface area contributed by atoms with E-state index in [0.717, 1.165) is 0 Å². The van der Waals surface area contributed by atoms with E-state index in [1.165, 1.54) is 12.1 Å². The van der Waals surface area contributed by atoms with Crippen molar-refractivity contribution in [2.45, 2.75) is 90.4 Å². The molecule has 1 rings (SSSR count). The average Bonchev–Trinajstić information content (AvgIpc) is 2.82. The van der Waals surface area contributed by atoms with Crippen LogP contribution in [0.2, 0.25) is 0 Å². The number of unbranched alkanes of at least 4 members (excludes halogenated alkanes) is 1. The fourth-order valence-corrected chi connectivity index (χ4v) is 3.97. The van der Waals surface area contributed by atoms with Crippen molar-refractivity contribution in [3.05, 3.63) is 29.8 Å². The molecule has 0 aromatic heterocycles. The molecule has 0 spiro atoms. The van der Waals surface area contributed by atoms with E-state index in [0.29, 0.717) is 31.4 Å². The molecule has 11 heteroatoms. The lowest BCUT2D eigenvalue weighted by molar-refractivity contribution is -0.142. The van der Waals surface area contributed by atoms with Crippen LogP contribution in [0.15, 0.2) is 24.3 Å². The van der Waals surface area contributed by atoms with E-state index >= 15 is 0 Å². The lowest BCUT2D eigenvalue weighted by Gasteiger charge is -2.26. The van der Waals surface area contributed by atoms with Gasteiger partial charge in [0.25, 0.3) is 0 Å². The predicted molar refractivity (Wildman–Crippen MR) is 145 cm³/mol. The lowest BCUT2D eigenvalue weighted by Crippen LogP contribution is -2.57. The van der Waals surface area contributed by atoms with E-state index < -0.39 is 47.9 Å². The van der Waals surface area contributed by atoms with Gasteiger partial charge in [-0.25, -0.2) is 4.79 Å². The van der Waals surface area contributed by atoms with Crippen molar-refractivity contribution in [3.63, 3.8) is 0 Å². The molecule has 4 atom stereocenters. The highest BCUT2D eigenvalue weighted by Crippen LogP contribution is 2.13. The van der Waals surface area contributed by atoms with Gasteiger partial charge in [-0.3, -0.25) is 14.4 Å². The summed E-state index contributed by atoms with van der Waals surface area (Å²) < 4.78 is 0. The van der Waals surface area contributed by atoms with Gasteiger partial charge < -0.3 is 37.6 Å². The number of nitrogens with two attached hydrogens (primary N) is 2. The molecule has 38 heavy (non-hydrogen) atoms. The van der Waals surface area contributed by atoms with Crippen molar-refractivity contribution < 1.29 is 29.4 Å². The number of nitrogens with one attached hydrogen (secondary N) is 3. The highest BCUT2D eigenvalue weighted by Gasteiger charge is 2.30. The van der Waals surface area contributed by atoms with Gasteiger partial charge in [0, 0.05) is 6.42 Å². The van der Waals surface area contributed by atoms with Crippen LogP contribution in [0.3, 0.4) is 0 Å². The van der Waals surface area contributed by atoms with Crippen LogP contribution in [0.25, 0.3) is 0 Å². The van der Waals surface area contributed by atoms with Gasteiger partial charge in [-0.15, -0.1) is 0 Å². The van der Waals surface area contributed by atoms with Gasteiger partial charge in [0.2, 0.25) is 17.7 Å². The summed E-state index contributed by atoms with van der Waals surface area (Å²) in [6, 6.07) is 2.21. The summed E-state index contributed by atoms with van der Waals surface area (Å²) in [4.78, 5) is 50.9. The van der Waals surface area contributed by atoms with Gasteiger partial charge in [0.05, 0.1) is 6.04 Å². The number of amides is 3. The van der Waals surface area contributed by atoms with E-state index in [4.69, 9.17) is 11.5 Å². The highest BCUT2D eigenvalue weighted by atomic mass is 16.4. The Morgan fingerprint density at radius 2 is 1.32 bits per heavy atom. The Balaban J connectivity index is 3.14. The Kier molecular flexibility index (Phi) is 14.4. The quantitative estimate of drug-likeness (QED) is 0.143. The molecule has 214 valence electrons. The van der Waals surface area contributed by atoms with Crippen molar-refractivity contribution >= 4 is 23.7 Å². The average molecular weight is 536 g/mol. The number of aromatic hydroxyl groups is 1. The maximum absolute atomic E-state index is 13.4. The van der Waals surface area contributed by atoms with Crippen LogP contribution in [-0.2, 0) is 25.6 Å². The number of carboxylic acids is 1. The Bertz CT molecular complexity index is 906. The maximum Gasteiger partial charge on any atom is 0.326 e. The normalized spacial score (nSPS) is 14.4. The van der Waals surface area contributed by atoms with Crippen molar-refractivity contribution in [1.29, 1.82) is 0 Å². The zero-order valence-electron chi connectivity index (χ0n) is 22.9. The van der Waals surface area contributed by atoms with Gasteiger partial charge in [0.15, 0.2) is 0 Å². The zero-order valence-corrected chi connectivity index (χ0v) is 22.9. The summed E-state index contributed by atoms with van der Waals surface area (Å²) in [5, 5.41) is 27.1. The molecule has 9 N–H and O–H groups in total. The third kappa shape index (κ3) is 12.4. The van der Waals surface area contributed by atoms with Crippen LogP contribution in [0.5, 0.6) is 5.75 Å². The number of carboxylic acid groups (broad SMARTS) is 1. The summed E-state index contributed by atoms with van der Waals surface area (Å²) in [7, 11) is 0. The summed E-state index contributed by atoms with van der Waals surface area (Å²) >= 11 is 0. The Labute approximate surface area is 225 Å². The molecule has 1 aromatic carbocycles. The van der Waals surface area contributed by atoms with Crippen LogP contribution in [-0.4, -0.2) is 64.6 Å². The van der Waals surface area contributed by atoms with Gasteiger partial charge in [0.1, 0.15) is 23.9 Å². The summed E-state index contributed by atoms with van der Waals surface area (Å²) in [5.74, 6) is -2.61. The topological polar surface area (TPSA) is 197 Å². The molecule has 0 aliphatic heterocycles. The molecule has 11 nitrogen and oxygen atoms in total. The number of hydrogen-bond donors (Lipinski definition) is 7. The van der Waals surface area contributed by atoms with Crippen molar-refractivity contribution in [1.82, 2.24) is 16.0 Å². The van der Waals surface area contributed by atoms with Crippen LogP contribution in [0.1, 0.15) is 65.4 Å². The van der Waals surface area contributed by atoms with Crippen LogP contribution in [0, 0.1) is 11.8 Å². The van der Waals surface area contributed by atoms with Crippen molar-refractivity contribution in [2.24, 2.45) is 23.3 Å². The number of rotatable bonds is 17. The SMILES string of the molecule is CC(C)CC(N)C(=O)NC(Cc1ccc(O)cc1)C(=O)NC(CCCCN)C(=O)NC(CC(C)C)C(=O)O. The van der Waals surface area contributed by atoms with Crippen LogP contribution >= 0.6 is 0 Å². The molecule has 1 aromatic rings. The number of hydrogen-bond acceptors (Lipinski definition) is 7. The Hall–Kier alpha value is -3.18. The fourth-order valence-electron chi connectivity index (χ4n) is 3.97. The zero-order chi connectivity index (χ0) is 28.8. The van der Waals surface area contributed by atoms with Gasteiger partial charge in [-0.2, -0.15) is 0 Å². The first kappa shape index (κ1) is 32.8. The summed E-state index contributed by atoms with van der Waals surface area (Å²) in [5.41, 5.74) is 12.3. The van der Waals surface area contributed by atoms with Crippen LogP contribution in [0.4, 0.5) is 0 Å². The number of aliphatic carboxylic acids is 1. The first-order valence-electron chi connectivity index (χ1n) is 13.2.